The van der Waals surface area contributed by atoms with Gasteiger partial charge in [0.1, 0.15) is 0 Å². The fourth-order valence-electron chi connectivity index (χ4n) is 1.71. The van der Waals surface area contributed by atoms with Crippen molar-refractivity contribution in [3.05, 3.63) is 0 Å². The first kappa shape index (κ1) is 18.7. The SMILES string of the molecule is CCC(CCN)CCC(=O)NC(C)(C(=O)O)C(F)(F)F. The Labute approximate surface area is 115 Å². The maximum atomic E-state index is 12.7. The first-order valence-electron chi connectivity index (χ1n) is 6.39. The minimum Gasteiger partial charge on any atom is -0.479 e. The molecule has 5 nitrogen and oxygen atoms in total. The van der Waals surface area contributed by atoms with Crippen molar-refractivity contribution in [3.63, 3.8) is 0 Å². The lowest BCUT2D eigenvalue weighted by Crippen LogP contribution is -2.61. The summed E-state index contributed by atoms with van der Waals surface area (Å²) in [7, 11) is 0. The van der Waals surface area contributed by atoms with Crippen LogP contribution in [-0.2, 0) is 9.59 Å². The molecule has 0 saturated carbocycles. The van der Waals surface area contributed by atoms with Crippen LogP contribution in [0.4, 0.5) is 13.2 Å². The summed E-state index contributed by atoms with van der Waals surface area (Å²) in [4.78, 5) is 22.3. The summed E-state index contributed by atoms with van der Waals surface area (Å²) in [6, 6.07) is 0. The van der Waals surface area contributed by atoms with Gasteiger partial charge in [0.2, 0.25) is 11.4 Å². The Morgan fingerprint density at radius 1 is 1.30 bits per heavy atom. The predicted molar refractivity (Wildman–Crippen MR) is 66.9 cm³/mol. The summed E-state index contributed by atoms with van der Waals surface area (Å²) < 4.78 is 38.1. The fraction of sp³-hybridized carbons (Fsp3) is 0.833. The molecule has 0 fully saturated rings. The number of carboxylic acid groups (broad SMARTS) is 1. The molecule has 0 saturated heterocycles. The van der Waals surface area contributed by atoms with Crippen LogP contribution in [0.25, 0.3) is 0 Å². The molecule has 0 bridgehead atoms. The number of rotatable bonds is 8. The van der Waals surface area contributed by atoms with Gasteiger partial charge in [-0.25, -0.2) is 4.79 Å². The number of hydrogen-bond acceptors (Lipinski definition) is 3. The lowest BCUT2D eigenvalue weighted by atomic mass is 9.95. The largest absolute Gasteiger partial charge is 0.479 e. The maximum Gasteiger partial charge on any atom is 0.422 e. The van der Waals surface area contributed by atoms with Crippen LogP contribution in [0.15, 0.2) is 0 Å². The first-order valence-corrected chi connectivity index (χ1v) is 6.39. The molecule has 0 radical (unpaired) electrons. The monoisotopic (exact) mass is 298 g/mol. The Balaban J connectivity index is 4.61. The second kappa shape index (κ2) is 7.47. The molecule has 8 heteroatoms. The Morgan fingerprint density at radius 3 is 2.20 bits per heavy atom. The summed E-state index contributed by atoms with van der Waals surface area (Å²) >= 11 is 0. The maximum absolute atomic E-state index is 12.7. The van der Waals surface area contributed by atoms with Gasteiger partial charge in [0.15, 0.2) is 0 Å². The van der Waals surface area contributed by atoms with Crippen molar-refractivity contribution in [3.8, 4) is 0 Å². The Bertz CT molecular complexity index is 347. The van der Waals surface area contributed by atoms with Crippen LogP contribution < -0.4 is 11.1 Å². The zero-order valence-electron chi connectivity index (χ0n) is 11.6. The lowest BCUT2D eigenvalue weighted by Gasteiger charge is -2.28. The highest BCUT2D eigenvalue weighted by atomic mass is 19.4. The molecule has 0 aromatic carbocycles. The second-order valence-electron chi connectivity index (χ2n) is 4.87. The van der Waals surface area contributed by atoms with Gasteiger partial charge in [-0.2, -0.15) is 13.2 Å². The van der Waals surface area contributed by atoms with Crippen LogP contribution >= 0.6 is 0 Å². The number of alkyl halides is 3. The zero-order valence-corrected chi connectivity index (χ0v) is 11.6. The van der Waals surface area contributed by atoms with E-state index in [0.717, 1.165) is 6.42 Å². The molecule has 0 aromatic rings. The standard InChI is InChI=1S/C12H21F3N2O3/c1-3-8(6-7-16)4-5-9(18)17-11(2,10(19)20)12(13,14)15/h8H,3-7,16H2,1-2H3,(H,17,18)(H,19,20). The van der Waals surface area contributed by atoms with Crippen LogP contribution in [0.5, 0.6) is 0 Å². The third-order valence-electron chi connectivity index (χ3n) is 3.32. The summed E-state index contributed by atoms with van der Waals surface area (Å²) in [6.07, 6.45) is -3.39. The first-order chi connectivity index (χ1) is 9.08. The van der Waals surface area contributed by atoms with E-state index in [4.69, 9.17) is 10.8 Å². The van der Waals surface area contributed by atoms with Crippen LogP contribution in [-0.4, -0.2) is 35.2 Å². The molecule has 0 aliphatic carbocycles. The average molecular weight is 298 g/mol. The van der Waals surface area contributed by atoms with Crippen molar-refractivity contribution >= 4 is 11.9 Å². The normalized spacial score (nSPS) is 16.3. The molecule has 20 heavy (non-hydrogen) atoms. The molecule has 2 atom stereocenters. The minimum absolute atomic E-state index is 0.146. The molecule has 0 aliphatic heterocycles. The van der Waals surface area contributed by atoms with E-state index in [1.54, 1.807) is 5.32 Å². The van der Waals surface area contributed by atoms with E-state index < -0.39 is 23.6 Å². The van der Waals surface area contributed by atoms with Crippen molar-refractivity contribution in [2.75, 3.05) is 6.54 Å². The highest BCUT2D eigenvalue weighted by Crippen LogP contribution is 2.30. The highest BCUT2D eigenvalue weighted by Gasteiger charge is 2.58. The second-order valence-corrected chi connectivity index (χ2v) is 4.87. The molecule has 0 aromatic heterocycles. The van der Waals surface area contributed by atoms with Crippen molar-refractivity contribution in [2.45, 2.75) is 51.2 Å². The summed E-state index contributed by atoms with van der Waals surface area (Å²) in [6.45, 7) is 2.77. The number of nitrogens with one attached hydrogen (secondary N) is 1. The molecule has 2 unspecified atom stereocenters. The van der Waals surface area contributed by atoms with Gasteiger partial charge in [0, 0.05) is 6.42 Å². The highest BCUT2D eigenvalue weighted by molar-refractivity contribution is 5.87. The molecule has 0 heterocycles. The predicted octanol–water partition coefficient (Wildman–Crippen LogP) is 1.66. The summed E-state index contributed by atoms with van der Waals surface area (Å²) in [5.74, 6) is -2.91. The van der Waals surface area contributed by atoms with Gasteiger partial charge in [-0.15, -0.1) is 0 Å². The smallest absolute Gasteiger partial charge is 0.422 e. The van der Waals surface area contributed by atoms with E-state index in [2.05, 4.69) is 0 Å². The number of carboxylic acids is 1. The molecular weight excluding hydrogens is 277 g/mol. The quantitative estimate of drug-likeness (QED) is 0.635. The molecule has 0 rings (SSSR count). The fourth-order valence-corrected chi connectivity index (χ4v) is 1.71. The molecule has 1 amide bonds. The van der Waals surface area contributed by atoms with Crippen LogP contribution in [0.3, 0.4) is 0 Å². The van der Waals surface area contributed by atoms with Crippen molar-refractivity contribution < 1.29 is 27.9 Å². The van der Waals surface area contributed by atoms with Gasteiger partial charge in [-0.05, 0) is 32.2 Å². The number of amides is 1. The lowest BCUT2D eigenvalue weighted by molar-refractivity contribution is -0.207. The number of carbonyl (C=O) groups excluding carboxylic acids is 1. The van der Waals surface area contributed by atoms with Crippen LogP contribution in [0.2, 0.25) is 0 Å². The Kier molecular flexibility index (Phi) is 6.98. The van der Waals surface area contributed by atoms with E-state index in [1.165, 1.54) is 0 Å². The van der Waals surface area contributed by atoms with Crippen LogP contribution in [0.1, 0.15) is 39.5 Å². The number of halogens is 3. The van der Waals surface area contributed by atoms with Gasteiger partial charge in [-0.1, -0.05) is 13.3 Å². The van der Waals surface area contributed by atoms with Gasteiger partial charge < -0.3 is 16.2 Å². The van der Waals surface area contributed by atoms with Crippen molar-refractivity contribution in [1.29, 1.82) is 0 Å². The molecule has 0 spiro atoms. The minimum atomic E-state index is -5.06. The molecule has 4 N–H and O–H groups in total. The van der Waals surface area contributed by atoms with E-state index in [9.17, 15) is 22.8 Å². The van der Waals surface area contributed by atoms with Crippen molar-refractivity contribution in [2.24, 2.45) is 11.7 Å². The van der Waals surface area contributed by atoms with Gasteiger partial charge in [-0.3, -0.25) is 4.79 Å². The summed E-state index contributed by atoms with van der Waals surface area (Å²) in [5, 5.41) is 10.2. The Hall–Kier alpha value is -1.31. The summed E-state index contributed by atoms with van der Waals surface area (Å²) in [5.41, 5.74) is 2.12. The zero-order chi connectivity index (χ0) is 16.0. The van der Waals surface area contributed by atoms with Crippen molar-refractivity contribution in [1.82, 2.24) is 5.32 Å². The van der Waals surface area contributed by atoms with Gasteiger partial charge in [0.25, 0.3) is 0 Å². The Morgan fingerprint density at radius 2 is 1.85 bits per heavy atom. The van der Waals surface area contributed by atoms with E-state index >= 15 is 0 Å². The number of nitrogens with two attached hydrogens (primary N) is 1. The molecule has 0 aliphatic rings. The molecular formula is C12H21F3N2O3. The molecule has 118 valence electrons. The number of aliphatic carboxylic acids is 1. The van der Waals surface area contributed by atoms with E-state index in [1.807, 2.05) is 6.92 Å². The topological polar surface area (TPSA) is 92.4 Å². The van der Waals surface area contributed by atoms with Crippen LogP contribution in [0, 0.1) is 5.92 Å². The third-order valence-corrected chi connectivity index (χ3v) is 3.32. The average Bonchev–Trinajstić information content (AvgIpc) is 2.32. The van der Waals surface area contributed by atoms with E-state index in [0.29, 0.717) is 26.3 Å². The number of hydrogen-bond donors (Lipinski definition) is 3. The van der Waals surface area contributed by atoms with Gasteiger partial charge >= 0.3 is 12.1 Å². The van der Waals surface area contributed by atoms with Gasteiger partial charge in [0.05, 0.1) is 0 Å². The third kappa shape index (κ3) is 4.99. The van der Waals surface area contributed by atoms with E-state index in [-0.39, 0.29) is 12.3 Å². The number of carbonyl (C=O) groups is 2.